The molecule has 8 nitrogen and oxygen atoms in total. The number of rotatable bonds is 7. The summed E-state index contributed by atoms with van der Waals surface area (Å²) in [6.45, 7) is 0. The number of benzene rings is 2. The number of nitrogens with zero attached hydrogens (tertiary/aromatic N) is 2. The summed E-state index contributed by atoms with van der Waals surface area (Å²) in [5.74, 6) is -0.452. The molecule has 30 heavy (non-hydrogen) atoms. The first-order valence-corrected chi connectivity index (χ1v) is 9.32. The van der Waals surface area contributed by atoms with Crippen molar-refractivity contribution in [3.8, 4) is 17.2 Å². The maximum Gasteiger partial charge on any atom is 0.319 e. The lowest BCUT2D eigenvalue weighted by molar-refractivity contribution is -0.149. The summed E-state index contributed by atoms with van der Waals surface area (Å²) in [7, 11) is 3.05. The minimum atomic E-state index is -1.46. The normalized spacial score (nSPS) is 14.1. The smallest absolute Gasteiger partial charge is 0.319 e. The summed E-state index contributed by atoms with van der Waals surface area (Å²) in [5, 5.41) is 11.2. The van der Waals surface area contributed by atoms with Crippen molar-refractivity contribution >= 4 is 28.5 Å². The number of aliphatic carboxylic acids is 1. The van der Waals surface area contributed by atoms with Gasteiger partial charge in [0.2, 0.25) is 0 Å². The second kappa shape index (κ2) is 7.55. The van der Waals surface area contributed by atoms with Gasteiger partial charge in [0.25, 0.3) is 5.91 Å². The van der Waals surface area contributed by atoms with Crippen LogP contribution in [0.15, 0.2) is 54.7 Å². The van der Waals surface area contributed by atoms with Crippen LogP contribution in [0.2, 0.25) is 0 Å². The highest BCUT2D eigenvalue weighted by Gasteiger charge is 2.59. The van der Waals surface area contributed by atoms with Crippen LogP contribution in [0.25, 0.3) is 10.9 Å². The summed E-state index contributed by atoms with van der Waals surface area (Å²) in [5.41, 5.74) is -0.454. The Bertz CT molecular complexity index is 1110. The van der Waals surface area contributed by atoms with E-state index in [1.807, 2.05) is 0 Å². The second-order valence-electron chi connectivity index (χ2n) is 6.95. The molecule has 0 saturated heterocycles. The Morgan fingerprint density at radius 3 is 2.27 bits per heavy atom. The molecular weight excluding hydrogens is 388 g/mol. The number of ether oxygens (including phenoxy) is 2. The van der Waals surface area contributed by atoms with E-state index in [9.17, 15) is 14.7 Å². The molecule has 1 aromatic heterocycles. The lowest BCUT2D eigenvalue weighted by atomic mass is 10.1. The average Bonchev–Trinajstić information content (AvgIpc) is 3.59. The zero-order valence-electron chi connectivity index (χ0n) is 16.5. The molecule has 4 rings (SSSR count). The third-order valence-corrected chi connectivity index (χ3v) is 5.14. The summed E-state index contributed by atoms with van der Waals surface area (Å²) >= 11 is 0. The Balaban J connectivity index is 1.79. The Morgan fingerprint density at radius 2 is 1.67 bits per heavy atom. The molecule has 1 fully saturated rings. The number of hydroxylamine groups is 1. The minimum Gasteiger partial charge on any atom is -0.493 e. The molecule has 0 radical (unpaired) electrons. The summed E-state index contributed by atoms with van der Waals surface area (Å²) in [6, 6.07) is 13.7. The fourth-order valence-electron chi connectivity index (χ4n) is 3.24. The Kier molecular flexibility index (Phi) is 4.91. The number of anilines is 1. The van der Waals surface area contributed by atoms with Gasteiger partial charge in [-0.25, -0.2) is 0 Å². The summed E-state index contributed by atoms with van der Waals surface area (Å²) in [4.78, 5) is 35.3. The number of fused-ring (bicyclic) bond motifs is 1. The molecule has 1 aliphatic rings. The van der Waals surface area contributed by atoms with Crippen molar-refractivity contribution in [3.63, 3.8) is 0 Å². The number of pyridine rings is 1. The molecular formula is C22H20N2O6. The van der Waals surface area contributed by atoms with Gasteiger partial charge in [0.15, 0.2) is 17.2 Å². The van der Waals surface area contributed by atoms with Crippen LogP contribution in [-0.2, 0) is 9.59 Å². The number of methoxy groups -OCH3 is 2. The summed E-state index contributed by atoms with van der Waals surface area (Å²) < 4.78 is 10.7. The van der Waals surface area contributed by atoms with Gasteiger partial charge in [-0.1, -0.05) is 18.2 Å². The van der Waals surface area contributed by atoms with Crippen molar-refractivity contribution in [2.45, 2.75) is 12.8 Å². The van der Waals surface area contributed by atoms with Crippen LogP contribution in [0.4, 0.5) is 5.69 Å². The molecule has 0 unspecified atom stereocenters. The zero-order chi connectivity index (χ0) is 21.3. The van der Waals surface area contributed by atoms with Gasteiger partial charge in [0, 0.05) is 23.7 Å². The van der Waals surface area contributed by atoms with Gasteiger partial charge in [0.05, 0.1) is 25.4 Å². The van der Waals surface area contributed by atoms with E-state index in [2.05, 4.69) is 4.98 Å². The molecule has 0 spiro atoms. The second-order valence-corrected chi connectivity index (χ2v) is 6.95. The molecule has 1 saturated carbocycles. The van der Waals surface area contributed by atoms with Crippen LogP contribution in [0.1, 0.15) is 12.8 Å². The minimum absolute atomic E-state index is 0.274. The number of hydrogen-bond donors (Lipinski definition) is 1. The Labute approximate surface area is 172 Å². The number of carbonyl (C=O) groups is 2. The lowest BCUT2D eigenvalue weighted by Crippen LogP contribution is -2.43. The van der Waals surface area contributed by atoms with Gasteiger partial charge < -0.3 is 19.4 Å². The van der Waals surface area contributed by atoms with Crippen LogP contribution >= 0.6 is 0 Å². The van der Waals surface area contributed by atoms with Crippen molar-refractivity contribution in [3.05, 3.63) is 54.7 Å². The number of para-hydroxylation sites is 1. The molecule has 1 N–H and O–H groups in total. The Hall–Kier alpha value is -3.81. The molecule has 0 bridgehead atoms. The van der Waals surface area contributed by atoms with E-state index in [0.29, 0.717) is 33.8 Å². The maximum atomic E-state index is 13.2. The van der Waals surface area contributed by atoms with Crippen LogP contribution in [0.3, 0.4) is 0 Å². The quantitative estimate of drug-likeness (QED) is 0.472. The van der Waals surface area contributed by atoms with E-state index >= 15 is 0 Å². The molecule has 2 aromatic carbocycles. The third kappa shape index (κ3) is 3.26. The fraction of sp³-hybridized carbons (Fsp3) is 0.227. The number of hydrogen-bond acceptors (Lipinski definition) is 6. The highest BCUT2D eigenvalue weighted by atomic mass is 16.7. The predicted octanol–water partition coefficient (Wildman–Crippen LogP) is 3.44. The van der Waals surface area contributed by atoms with Gasteiger partial charge in [-0.05, 0) is 31.0 Å². The number of carbonyl (C=O) groups excluding carboxylic acids is 1. The topological polar surface area (TPSA) is 98.2 Å². The largest absolute Gasteiger partial charge is 0.493 e. The van der Waals surface area contributed by atoms with Crippen molar-refractivity contribution in [2.75, 3.05) is 19.3 Å². The van der Waals surface area contributed by atoms with Crippen LogP contribution in [0.5, 0.6) is 17.2 Å². The number of aromatic nitrogens is 1. The van der Waals surface area contributed by atoms with E-state index < -0.39 is 17.3 Å². The van der Waals surface area contributed by atoms with E-state index in [1.54, 1.807) is 54.7 Å². The first-order valence-electron chi connectivity index (χ1n) is 9.32. The first kappa shape index (κ1) is 19.5. The molecule has 154 valence electrons. The standard InChI is InChI=1S/C22H20N2O6/c1-28-18-12-15-16(13-19(18)29-2)23-11-8-17(15)30-24(14-6-4-3-5-7-14)20(25)22(9-10-22)21(26)27/h3-8,11-13H,9-10H2,1-2H3,(H,26,27). The van der Waals surface area contributed by atoms with Crippen LogP contribution in [-0.4, -0.2) is 36.2 Å². The highest BCUT2D eigenvalue weighted by molar-refractivity contribution is 6.11. The van der Waals surface area contributed by atoms with Gasteiger partial charge in [-0.2, -0.15) is 0 Å². The molecule has 3 aromatic rings. The first-order chi connectivity index (χ1) is 14.5. The lowest BCUT2D eigenvalue weighted by Gasteiger charge is -2.25. The van der Waals surface area contributed by atoms with Gasteiger partial charge in [0.1, 0.15) is 5.41 Å². The molecule has 1 aliphatic carbocycles. The summed E-state index contributed by atoms with van der Waals surface area (Å²) in [6.07, 6.45) is 2.09. The molecule has 0 atom stereocenters. The number of carboxylic acid groups (broad SMARTS) is 1. The number of carboxylic acids is 1. The Morgan fingerprint density at radius 1 is 1.00 bits per heavy atom. The fourth-order valence-corrected chi connectivity index (χ4v) is 3.24. The van der Waals surface area contributed by atoms with E-state index in [-0.39, 0.29) is 12.8 Å². The van der Waals surface area contributed by atoms with Crippen LogP contribution < -0.4 is 19.4 Å². The zero-order valence-corrected chi connectivity index (χ0v) is 16.5. The monoisotopic (exact) mass is 408 g/mol. The third-order valence-electron chi connectivity index (χ3n) is 5.14. The van der Waals surface area contributed by atoms with E-state index in [0.717, 1.165) is 5.06 Å². The van der Waals surface area contributed by atoms with Crippen LogP contribution in [0, 0.1) is 5.41 Å². The van der Waals surface area contributed by atoms with Gasteiger partial charge in [-0.3, -0.25) is 14.6 Å². The number of amides is 1. The van der Waals surface area contributed by atoms with E-state index in [1.165, 1.54) is 14.2 Å². The molecule has 1 amide bonds. The highest BCUT2D eigenvalue weighted by Crippen LogP contribution is 2.48. The molecule has 0 aliphatic heterocycles. The van der Waals surface area contributed by atoms with Gasteiger partial charge >= 0.3 is 5.97 Å². The van der Waals surface area contributed by atoms with Crippen molar-refractivity contribution < 1.29 is 29.0 Å². The maximum absolute atomic E-state index is 13.2. The van der Waals surface area contributed by atoms with Crippen molar-refractivity contribution in [1.29, 1.82) is 0 Å². The molecule has 1 heterocycles. The molecule has 8 heteroatoms. The SMILES string of the molecule is COc1cc2nccc(ON(C(=O)C3(C(=O)O)CC3)c3ccccc3)c2cc1OC. The average molecular weight is 408 g/mol. The predicted molar refractivity (Wildman–Crippen MR) is 109 cm³/mol. The van der Waals surface area contributed by atoms with Gasteiger partial charge in [-0.15, -0.1) is 5.06 Å². The van der Waals surface area contributed by atoms with Crippen molar-refractivity contribution in [1.82, 2.24) is 4.98 Å². The van der Waals surface area contributed by atoms with E-state index in [4.69, 9.17) is 14.3 Å². The van der Waals surface area contributed by atoms with Crippen molar-refractivity contribution in [2.24, 2.45) is 5.41 Å².